The Hall–Kier alpha value is -1.91. The van der Waals surface area contributed by atoms with Crippen LogP contribution >= 0.6 is 7.82 Å². The van der Waals surface area contributed by atoms with Gasteiger partial charge < -0.3 is 68.9 Å². The monoisotopic (exact) mass is 1120 g/mol. The SMILES string of the molecule is CCCCCC/C=C\CCCCCCCC(=O)OC[C@H](COP(=O)(O)OCCN(CCCCO[C@@H]1OC(C)[C@H](O)[C@H](O)C1O)CCCCO[C@@H]1OC(C)[C@H](O)[C@H](O)C1O)OC(=O)CCCCCCC/C=C\CCCCCC. The Kier molecular flexibility index (Phi) is 41.3. The molecule has 2 fully saturated rings. The first-order chi connectivity index (χ1) is 37.1. The van der Waals surface area contributed by atoms with E-state index in [1.165, 1.54) is 51.4 Å². The van der Waals surface area contributed by atoms with Crippen LogP contribution in [0.15, 0.2) is 24.3 Å². The second-order valence-corrected chi connectivity index (χ2v) is 22.5. The maximum absolute atomic E-state index is 13.2. The molecule has 0 aromatic carbocycles. The topological polar surface area (TPSA) is 270 Å². The van der Waals surface area contributed by atoms with Crippen LogP contribution in [-0.2, 0) is 51.6 Å². The van der Waals surface area contributed by atoms with Gasteiger partial charge in [0.25, 0.3) is 0 Å². The first-order valence-corrected chi connectivity index (χ1v) is 31.2. The fourth-order valence-corrected chi connectivity index (χ4v) is 9.75. The largest absolute Gasteiger partial charge is 0.472 e. The predicted molar refractivity (Wildman–Crippen MR) is 295 cm³/mol. The number of nitrogens with zero attached hydrogens (tertiary/aromatic N) is 1. The zero-order valence-electron chi connectivity index (χ0n) is 47.6. The Labute approximate surface area is 462 Å². The number of hydrogen-bond donors (Lipinski definition) is 7. The minimum absolute atomic E-state index is 0.143. The highest BCUT2D eigenvalue weighted by Gasteiger charge is 2.43. The smallest absolute Gasteiger partial charge is 0.462 e. The van der Waals surface area contributed by atoms with Crippen LogP contribution in [0.3, 0.4) is 0 Å². The minimum Gasteiger partial charge on any atom is -0.462 e. The molecular weight excluding hydrogens is 1020 g/mol. The zero-order valence-corrected chi connectivity index (χ0v) is 48.5. The number of carbonyl (C=O) groups excluding carboxylic acids is 2. The summed E-state index contributed by atoms with van der Waals surface area (Å²) in [7, 11) is -4.69. The molecule has 0 aliphatic carbocycles. The van der Waals surface area contributed by atoms with E-state index in [2.05, 4.69) is 38.2 Å². The molecule has 19 nitrogen and oxygen atoms in total. The molecule has 452 valence electrons. The van der Waals surface area contributed by atoms with E-state index in [0.29, 0.717) is 51.6 Å². The number of aliphatic hydroxyl groups excluding tert-OH is 6. The average molecular weight is 1120 g/mol. The molecule has 0 radical (unpaired) electrons. The fraction of sp³-hybridized carbons (Fsp3) is 0.895. The number of aliphatic hydroxyl groups is 6. The quantitative estimate of drug-likeness (QED) is 0.0130. The average Bonchev–Trinajstić information content (AvgIpc) is 3.40. The number of carbonyl (C=O) groups is 2. The fourth-order valence-electron chi connectivity index (χ4n) is 9.00. The maximum Gasteiger partial charge on any atom is 0.472 e. The van der Waals surface area contributed by atoms with Gasteiger partial charge in [0, 0.05) is 32.6 Å². The van der Waals surface area contributed by atoms with Crippen molar-refractivity contribution in [2.45, 2.75) is 275 Å². The van der Waals surface area contributed by atoms with Crippen molar-refractivity contribution < 1.29 is 87.2 Å². The normalized spacial score (nSPS) is 25.2. The number of ether oxygens (including phenoxy) is 6. The number of allylic oxidation sites excluding steroid dienone is 4. The highest BCUT2D eigenvalue weighted by Crippen LogP contribution is 2.43. The van der Waals surface area contributed by atoms with Crippen LogP contribution in [0, 0.1) is 0 Å². The van der Waals surface area contributed by atoms with Gasteiger partial charge in [-0.3, -0.25) is 18.6 Å². The molecule has 0 amide bonds. The number of rotatable bonds is 48. The van der Waals surface area contributed by atoms with Crippen LogP contribution in [0.2, 0.25) is 0 Å². The lowest BCUT2D eigenvalue weighted by Gasteiger charge is -2.39. The van der Waals surface area contributed by atoms with Gasteiger partial charge in [-0.1, -0.05) is 115 Å². The summed E-state index contributed by atoms with van der Waals surface area (Å²) in [6, 6.07) is 0. The van der Waals surface area contributed by atoms with Gasteiger partial charge in [-0.25, -0.2) is 4.57 Å². The molecule has 12 atom stereocenters. The van der Waals surface area contributed by atoms with Crippen LogP contribution in [-0.4, -0.2) is 173 Å². The summed E-state index contributed by atoms with van der Waals surface area (Å²) in [5.41, 5.74) is 0. The molecule has 2 aliphatic rings. The first kappa shape index (κ1) is 71.2. The molecule has 0 spiro atoms. The molecular formula is C57H106NO18P. The summed E-state index contributed by atoms with van der Waals surface area (Å²) in [5.74, 6) is -0.972. The van der Waals surface area contributed by atoms with Crippen molar-refractivity contribution in [2.75, 3.05) is 52.7 Å². The van der Waals surface area contributed by atoms with Crippen molar-refractivity contribution in [3.8, 4) is 0 Å². The van der Waals surface area contributed by atoms with Gasteiger partial charge in [0.2, 0.25) is 0 Å². The summed E-state index contributed by atoms with van der Waals surface area (Å²) in [4.78, 5) is 38.6. The Morgan fingerprint density at radius 1 is 0.494 bits per heavy atom. The second-order valence-electron chi connectivity index (χ2n) is 21.0. The lowest BCUT2D eigenvalue weighted by atomic mass is 10.0. The van der Waals surface area contributed by atoms with Gasteiger partial charge in [0.15, 0.2) is 18.7 Å². The van der Waals surface area contributed by atoms with Gasteiger partial charge in [-0.2, -0.15) is 0 Å². The summed E-state index contributed by atoms with van der Waals surface area (Å²) >= 11 is 0. The van der Waals surface area contributed by atoms with E-state index in [0.717, 1.165) is 77.0 Å². The number of phosphoric ester groups is 1. The van der Waals surface area contributed by atoms with Crippen LogP contribution in [0.1, 0.15) is 207 Å². The lowest BCUT2D eigenvalue weighted by Crippen LogP contribution is -2.57. The number of hydrogen-bond acceptors (Lipinski definition) is 18. The zero-order chi connectivity index (χ0) is 56.5. The Balaban J connectivity index is 1.90. The van der Waals surface area contributed by atoms with Crippen molar-refractivity contribution in [3.05, 3.63) is 24.3 Å². The van der Waals surface area contributed by atoms with Crippen LogP contribution in [0.5, 0.6) is 0 Å². The molecule has 2 heterocycles. The molecule has 5 unspecified atom stereocenters. The third-order valence-electron chi connectivity index (χ3n) is 14.0. The van der Waals surface area contributed by atoms with Crippen LogP contribution in [0.25, 0.3) is 0 Å². The number of unbranched alkanes of at least 4 members (excludes halogenated alkanes) is 20. The number of phosphoric acid groups is 1. The van der Waals surface area contributed by atoms with Crippen molar-refractivity contribution in [2.24, 2.45) is 0 Å². The molecule has 2 saturated heterocycles. The van der Waals surface area contributed by atoms with Gasteiger partial charge in [0.05, 0.1) is 25.4 Å². The van der Waals surface area contributed by atoms with Gasteiger partial charge >= 0.3 is 19.8 Å². The summed E-state index contributed by atoms with van der Waals surface area (Å²) < 4.78 is 57.5. The predicted octanol–water partition coefficient (Wildman–Crippen LogP) is 8.64. The highest BCUT2D eigenvalue weighted by molar-refractivity contribution is 7.47. The van der Waals surface area contributed by atoms with Crippen molar-refractivity contribution in [3.63, 3.8) is 0 Å². The van der Waals surface area contributed by atoms with E-state index < -0.39 is 93.9 Å². The van der Waals surface area contributed by atoms with E-state index in [-0.39, 0.29) is 45.8 Å². The first-order valence-electron chi connectivity index (χ1n) is 29.7. The van der Waals surface area contributed by atoms with E-state index >= 15 is 0 Å². The maximum atomic E-state index is 13.2. The van der Waals surface area contributed by atoms with Gasteiger partial charge in [0.1, 0.15) is 43.2 Å². The van der Waals surface area contributed by atoms with Crippen molar-refractivity contribution in [1.29, 1.82) is 0 Å². The van der Waals surface area contributed by atoms with Crippen LogP contribution in [0.4, 0.5) is 0 Å². The van der Waals surface area contributed by atoms with E-state index in [4.69, 9.17) is 37.5 Å². The summed E-state index contributed by atoms with van der Waals surface area (Å²) in [5, 5.41) is 60.9. The van der Waals surface area contributed by atoms with Crippen molar-refractivity contribution >= 4 is 19.8 Å². The van der Waals surface area contributed by atoms with E-state index in [1.807, 2.05) is 4.90 Å². The molecule has 0 aromatic heterocycles. The standard InChI is InChI=1S/C57H106NO18P/c1-5-7-9-11-13-15-17-19-21-23-25-27-29-35-48(59)71-43-47(76-49(60)36-30-28-26-24-22-20-18-16-14-12-10-8-6-2)44-73-77(67,68)72-42-39-58(37-31-33-40-69-56-54(65)52(63)50(61)45(3)74-56)38-32-34-41-70-57-55(66)53(64)51(62)46(4)75-57/h15-18,45-47,50-57,61-66H,5-14,19-44H2,1-4H3,(H,67,68)/b17-15-,18-16-/t45?,46?,47-,50+,51+,52+,53+,54?,55?,56-,57-/m1/s1. The molecule has 0 aromatic rings. The van der Waals surface area contributed by atoms with E-state index in [1.54, 1.807) is 13.8 Å². The molecule has 0 saturated carbocycles. The Bertz CT molecular complexity index is 1530. The van der Waals surface area contributed by atoms with Gasteiger partial charge in [-0.15, -0.1) is 0 Å². The third kappa shape index (κ3) is 34.2. The minimum atomic E-state index is -4.69. The molecule has 2 aliphatic heterocycles. The second kappa shape index (κ2) is 44.7. The van der Waals surface area contributed by atoms with Crippen molar-refractivity contribution in [1.82, 2.24) is 4.90 Å². The Morgan fingerprint density at radius 2 is 0.909 bits per heavy atom. The van der Waals surface area contributed by atoms with Crippen LogP contribution < -0.4 is 0 Å². The Morgan fingerprint density at radius 3 is 1.36 bits per heavy atom. The third-order valence-corrected chi connectivity index (χ3v) is 15.0. The molecule has 20 heteroatoms. The molecule has 2 rings (SSSR count). The van der Waals surface area contributed by atoms with E-state index in [9.17, 15) is 49.7 Å². The summed E-state index contributed by atoms with van der Waals surface area (Å²) in [6.07, 6.45) is 22.5. The highest BCUT2D eigenvalue weighted by atomic mass is 31.2. The molecule has 0 bridgehead atoms. The summed E-state index contributed by atoms with van der Waals surface area (Å²) in [6.45, 7) is 8.02. The molecule has 77 heavy (non-hydrogen) atoms. The lowest BCUT2D eigenvalue weighted by molar-refractivity contribution is -0.293. The van der Waals surface area contributed by atoms with Gasteiger partial charge in [-0.05, 0) is 117 Å². The molecule has 7 N–H and O–H groups in total. The number of esters is 2.